The first kappa shape index (κ1) is 35.1. The Morgan fingerprint density at radius 3 is 1.33 bits per heavy atom. The van der Waals surface area contributed by atoms with Crippen LogP contribution in [0.4, 0.5) is 0 Å². The number of rotatable bonds is 4. The minimum absolute atomic E-state index is 0.0286. The molecule has 48 heavy (non-hydrogen) atoms. The van der Waals surface area contributed by atoms with E-state index in [9.17, 15) is 0 Å². The van der Waals surface area contributed by atoms with E-state index >= 15 is 0 Å². The number of fused-ring (bicyclic) bond motifs is 4. The van der Waals surface area contributed by atoms with E-state index in [2.05, 4.69) is 156 Å². The Kier molecular flexibility index (Phi) is 8.74. The molecule has 2 aliphatic rings. The second-order valence-corrected chi connectivity index (χ2v) is 21.1. The van der Waals surface area contributed by atoms with Crippen LogP contribution < -0.4 is 21.6 Å². The van der Waals surface area contributed by atoms with Crippen molar-refractivity contribution in [2.75, 3.05) is 0 Å². The maximum atomic E-state index is 6.51. The molecule has 4 aromatic carbocycles. The summed E-state index contributed by atoms with van der Waals surface area (Å²) in [4.78, 5) is 0. The molecule has 1 nitrogen and oxygen atoms in total. The largest absolute Gasteiger partial charge is 0.326 e. The second kappa shape index (κ2) is 12.0. The topological polar surface area (TPSA) is 26.0 Å². The predicted molar refractivity (Wildman–Crippen MR) is 212 cm³/mol. The van der Waals surface area contributed by atoms with Crippen LogP contribution >= 0.6 is 7.92 Å². The smallest absolute Gasteiger partial charge is 0.0224 e. The van der Waals surface area contributed by atoms with E-state index in [1.807, 2.05) is 0 Å². The second-order valence-electron chi connectivity index (χ2n) is 18.9. The molecule has 0 aliphatic heterocycles. The molecule has 2 heteroatoms. The standard InChI is InChI=1S/C46H60NP/c1-42(2,3)33-23-34(43(4,5)6)26-37(25-33)48(38-27-35(44(7,8)9)24-36(28-38)45(10,11)12)39-18-14-16-31-20-22-46(41(31)39)21-19-30-15-13-17-32(29-47)40(30)46/h13-18,23-28H,19-22,29,47H2,1-12H3. The van der Waals surface area contributed by atoms with Gasteiger partial charge in [-0.2, -0.15) is 0 Å². The number of aryl methyl sites for hydroxylation is 2. The van der Waals surface area contributed by atoms with Crippen LogP contribution in [0.3, 0.4) is 0 Å². The Morgan fingerprint density at radius 1 is 0.542 bits per heavy atom. The van der Waals surface area contributed by atoms with Gasteiger partial charge in [0, 0.05) is 12.0 Å². The van der Waals surface area contributed by atoms with Crippen molar-refractivity contribution < 1.29 is 0 Å². The lowest BCUT2D eigenvalue weighted by Gasteiger charge is -2.35. The summed E-state index contributed by atoms with van der Waals surface area (Å²) < 4.78 is 0. The van der Waals surface area contributed by atoms with E-state index in [1.165, 1.54) is 56.8 Å². The summed E-state index contributed by atoms with van der Waals surface area (Å²) in [7, 11) is -0.879. The Balaban J connectivity index is 1.73. The van der Waals surface area contributed by atoms with E-state index in [0.29, 0.717) is 6.54 Å². The van der Waals surface area contributed by atoms with Gasteiger partial charge in [0.2, 0.25) is 0 Å². The predicted octanol–water partition coefficient (Wildman–Crippen LogP) is 10.3. The van der Waals surface area contributed by atoms with Crippen molar-refractivity contribution in [3.8, 4) is 0 Å². The lowest BCUT2D eigenvalue weighted by molar-refractivity contribution is 0.506. The van der Waals surface area contributed by atoms with Gasteiger partial charge in [0.1, 0.15) is 0 Å². The Bertz CT molecular complexity index is 1710. The molecule has 0 bridgehead atoms. The minimum Gasteiger partial charge on any atom is -0.326 e. The highest BCUT2D eigenvalue weighted by Gasteiger charge is 2.48. The first-order valence-electron chi connectivity index (χ1n) is 18.3. The number of benzene rings is 4. The third kappa shape index (κ3) is 6.24. The molecule has 2 aliphatic carbocycles. The van der Waals surface area contributed by atoms with Crippen molar-refractivity contribution in [3.63, 3.8) is 0 Å². The number of hydrogen-bond acceptors (Lipinski definition) is 1. The molecule has 0 saturated heterocycles. The van der Waals surface area contributed by atoms with Crippen molar-refractivity contribution in [3.05, 3.63) is 123 Å². The van der Waals surface area contributed by atoms with Gasteiger partial charge in [0.25, 0.3) is 0 Å². The van der Waals surface area contributed by atoms with Gasteiger partial charge in [-0.25, -0.2) is 0 Å². The van der Waals surface area contributed by atoms with Crippen LogP contribution in [0.2, 0.25) is 0 Å². The minimum atomic E-state index is -0.879. The van der Waals surface area contributed by atoms with Crippen molar-refractivity contribution in [2.24, 2.45) is 5.73 Å². The molecular formula is C46H60NP. The molecule has 0 aromatic heterocycles. The maximum absolute atomic E-state index is 6.51. The summed E-state index contributed by atoms with van der Waals surface area (Å²) in [5.41, 5.74) is 20.0. The monoisotopic (exact) mass is 657 g/mol. The van der Waals surface area contributed by atoms with Gasteiger partial charge >= 0.3 is 0 Å². The van der Waals surface area contributed by atoms with Crippen LogP contribution in [0.1, 0.15) is 146 Å². The summed E-state index contributed by atoms with van der Waals surface area (Å²) >= 11 is 0. The van der Waals surface area contributed by atoms with Gasteiger partial charge in [0.05, 0.1) is 0 Å². The normalized spacial score (nSPS) is 18.1. The average Bonchev–Trinajstić information content (AvgIpc) is 3.57. The van der Waals surface area contributed by atoms with E-state index in [4.69, 9.17) is 5.73 Å². The average molecular weight is 658 g/mol. The zero-order chi connectivity index (χ0) is 35.0. The van der Waals surface area contributed by atoms with E-state index in [1.54, 1.807) is 22.0 Å². The fourth-order valence-electron chi connectivity index (χ4n) is 8.27. The highest BCUT2D eigenvalue weighted by atomic mass is 31.1. The molecule has 1 unspecified atom stereocenters. The van der Waals surface area contributed by atoms with Gasteiger partial charge in [-0.1, -0.05) is 156 Å². The third-order valence-corrected chi connectivity index (χ3v) is 13.6. The molecule has 0 amide bonds. The zero-order valence-electron chi connectivity index (χ0n) is 32.0. The SMILES string of the molecule is CC(C)(C)c1cc(P(c2cc(C(C)(C)C)cc(C(C)(C)C)c2)c2cccc3c2C2(CCc4cccc(CN)c42)CC3)cc(C(C)(C)C)c1. The van der Waals surface area contributed by atoms with Crippen LogP contribution in [0.25, 0.3) is 0 Å². The quantitative estimate of drug-likeness (QED) is 0.217. The Hall–Kier alpha value is -2.73. The molecule has 2 N–H and O–H groups in total. The number of hydrogen-bond donors (Lipinski definition) is 1. The van der Waals surface area contributed by atoms with Gasteiger partial charge < -0.3 is 5.73 Å². The molecular weight excluding hydrogens is 597 g/mol. The van der Waals surface area contributed by atoms with E-state index in [-0.39, 0.29) is 27.1 Å². The summed E-state index contributed by atoms with van der Waals surface area (Å²) in [6, 6.07) is 29.5. The summed E-state index contributed by atoms with van der Waals surface area (Å²) in [6.07, 6.45) is 4.62. The number of nitrogens with two attached hydrogens (primary N) is 1. The fraction of sp³-hybridized carbons (Fsp3) is 0.478. The summed E-state index contributed by atoms with van der Waals surface area (Å²) in [6.45, 7) is 29.1. The van der Waals surface area contributed by atoms with Gasteiger partial charge in [-0.15, -0.1) is 0 Å². The van der Waals surface area contributed by atoms with Gasteiger partial charge in [-0.3, -0.25) is 0 Å². The summed E-state index contributed by atoms with van der Waals surface area (Å²) in [5, 5.41) is 4.51. The highest BCUT2D eigenvalue weighted by molar-refractivity contribution is 7.80. The molecule has 0 fully saturated rings. The van der Waals surface area contributed by atoms with Crippen molar-refractivity contribution in [2.45, 2.75) is 142 Å². The third-order valence-electron chi connectivity index (χ3n) is 11.2. The Morgan fingerprint density at radius 2 is 0.938 bits per heavy atom. The van der Waals surface area contributed by atoms with Crippen LogP contribution in [-0.4, -0.2) is 0 Å². The molecule has 6 rings (SSSR count). The maximum Gasteiger partial charge on any atom is 0.0224 e. The molecule has 254 valence electrons. The molecule has 1 spiro atoms. The van der Waals surface area contributed by atoms with Gasteiger partial charge in [-0.05, 0) is 121 Å². The molecule has 0 radical (unpaired) electrons. The first-order valence-corrected chi connectivity index (χ1v) is 19.6. The van der Waals surface area contributed by atoms with Crippen molar-refractivity contribution >= 4 is 23.8 Å². The lowest BCUT2D eigenvalue weighted by atomic mass is 9.75. The van der Waals surface area contributed by atoms with Crippen LogP contribution in [-0.2, 0) is 46.5 Å². The van der Waals surface area contributed by atoms with Crippen molar-refractivity contribution in [1.82, 2.24) is 0 Å². The highest BCUT2D eigenvalue weighted by Crippen LogP contribution is 2.55. The van der Waals surface area contributed by atoms with E-state index < -0.39 is 7.92 Å². The van der Waals surface area contributed by atoms with E-state index in [0.717, 1.165) is 12.8 Å². The Labute approximate surface area is 293 Å². The van der Waals surface area contributed by atoms with Gasteiger partial charge in [0.15, 0.2) is 0 Å². The molecule has 1 atom stereocenters. The van der Waals surface area contributed by atoms with Crippen LogP contribution in [0, 0.1) is 0 Å². The fourth-order valence-corrected chi connectivity index (χ4v) is 11.0. The lowest BCUT2D eigenvalue weighted by Crippen LogP contribution is -2.34. The molecule has 0 saturated carbocycles. The van der Waals surface area contributed by atoms with Crippen LogP contribution in [0.15, 0.2) is 72.8 Å². The first-order chi connectivity index (χ1) is 22.2. The molecule has 0 heterocycles. The summed E-state index contributed by atoms with van der Waals surface area (Å²) in [5.74, 6) is 0. The van der Waals surface area contributed by atoms with Crippen LogP contribution in [0.5, 0.6) is 0 Å². The molecule has 4 aromatic rings. The van der Waals surface area contributed by atoms with Crippen molar-refractivity contribution in [1.29, 1.82) is 0 Å². The zero-order valence-corrected chi connectivity index (χ0v) is 32.9.